The van der Waals surface area contributed by atoms with Crippen molar-refractivity contribution in [2.24, 2.45) is 0 Å². The van der Waals surface area contributed by atoms with Crippen molar-refractivity contribution in [2.75, 3.05) is 26.2 Å². The summed E-state index contributed by atoms with van der Waals surface area (Å²) in [7, 11) is 0. The minimum absolute atomic E-state index is 0.178. The fourth-order valence-corrected chi connectivity index (χ4v) is 5.14. The third-order valence-electron chi connectivity index (χ3n) is 6.90. The summed E-state index contributed by atoms with van der Waals surface area (Å²) in [6, 6.07) is 16.8. The molecule has 1 aromatic heterocycles. The maximum Gasteiger partial charge on any atom is 0.253 e. The number of fused-ring (bicyclic) bond motifs is 1. The molecule has 0 aliphatic carbocycles. The van der Waals surface area contributed by atoms with Gasteiger partial charge in [0.25, 0.3) is 5.91 Å². The standard InChI is InChI=1S/C26H31N3O/c30-26(22-10-8-20(9-11-22)19-28-14-4-1-5-15-28)29-16-12-21(13-17-29)24-18-27-25-7-3-2-6-23(24)25/h2-3,6-11,18,21,27H,1,4-5,12-17,19H2. The molecule has 1 amide bonds. The number of piperidine rings is 2. The molecule has 0 saturated carbocycles. The number of likely N-dealkylation sites (tertiary alicyclic amines) is 2. The Hall–Kier alpha value is -2.59. The minimum atomic E-state index is 0.178. The predicted octanol–water partition coefficient (Wildman–Crippen LogP) is 5.17. The molecule has 5 rings (SSSR count). The minimum Gasteiger partial charge on any atom is -0.361 e. The summed E-state index contributed by atoms with van der Waals surface area (Å²) in [6.07, 6.45) is 8.20. The van der Waals surface area contributed by atoms with E-state index in [-0.39, 0.29) is 5.91 Å². The average Bonchev–Trinajstić information content (AvgIpc) is 3.24. The summed E-state index contributed by atoms with van der Waals surface area (Å²) in [6.45, 7) is 5.07. The topological polar surface area (TPSA) is 39.3 Å². The molecule has 4 nitrogen and oxygen atoms in total. The molecule has 4 heteroatoms. The van der Waals surface area contributed by atoms with Crippen molar-refractivity contribution < 1.29 is 4.79 Å². The maximum atomic E-state index is 13.0. The number of nitrogens with zero attached hydrogens (tertiary/aromatic N) is 2. The van der Waals surface area contributed by atoms with Crippen molar-refractivity contribution in [2.45, 2.75) is 44.6 Å². The lowest BCUT2D eigenvalue weighted by atomic mass is 9.89. The first-order chi connectivity index (χ1) is 14.8. The molecule has 3 aromatic rings. The van der Waals surface area contributed by atoms with Crippen molar-refractivity contribution in [1.29, 1.82) is 0 Å². The highest BCUT2D eigenvalue weighted by Crippen LogP contribution is 2.33. The molecule has 0 spiro atoms. The van der Waals surface area contributed by atoms with Crippen LogP contribution in [0, 0.1) is 0 Å². The highest BCUT2D eigenvalue weighted by Gasteiger charge is 2.26. The second kappa shape index (κ2) is 8.65. The first-order valence-electron chi connectivity index (χ1n) is 11.4. The van der Waals surface area contributed by atoms with Crippen LogP contribution >= 0.6 is 0 Å². The molecule has 2 fully saturated rings. The molecule has 2 aliphatic heterocycles. The van der Waals surface area contributed by atoms with Gasteiger partial charge >= 0.3 is 0 Å². The van der Waals surface area contributed by atoms with Gasteiger partial charge in [0.05, 0.1) is 0 Å². The number of rotatable bonds is 4. The van der Waals surface area contributed by atoms with Crippen LogP contribution in [0.15, 0.2) is 54.7 Å². The quantitative estimate of drug-likeness (QED) is 0.655. The van der Waals surface area contributed by atoms with Crippen LogP contribution in [0.3, 0.4) is 0 Å². The molecular weight excluding hydrogens is 370 g/mol. The summed E-state index contributed by atoms with van der Waals surface area (Å²) in [5, 5.41) is 1.33. The van der Waals surface area contributed by atoms with Crippen LogP contribution in [0.25, 0.3) is 10.9 Å². The van der Waals surface area contributed by atoms with Crippen molar-refractivity contribution in [1.82, 2.24) is 14.8 Å². The largest absolute Gasteiger partial charge is 0.361 e. The number of carbonyl (C=O) groups excluding carboxylic acids is 1. The van der Waals surface area contributed by atoms with E-state index in [1.54, 1.807) is 0 Å². The summed E-state index contributed by atoms with van der Waals surface area (Å²) in [5.74, 6) is 0.703. The molecule has 156 valence electrons. The second-order valence-corrected chi connectivity index (χ2v) is 8.89. The van der Waals surface area contributed by atoms with Crippen LogP contribution in [-0.2, 0) is 6.54 Å². The van der Waals surface area contributed by atoms with E-state index in [0.717, 1.165) is 38.0 Å². The number of hydrogen-bond donors (Lipinski definition) is 1. The number of carbonyl (C=O) groups is 1. The highest BCUT2D eigenvalue weighted by molar-refractivity contribution is 5.94. The summed E-state index contributed by atoms with van der Waals surface area (Å²) in [5.41, 5.74) is 4.74. The number of H-pyrrole nitrogens is 1. The Labute approximate surface area is 178 Å². The number of nitrogens with one attached hydrogen (secondary N) is 1. The van der Waals surface area contributed by atoms with E-state index in [9.17, 15) is 4.79 Å². The SMILES string of the molecule is O=C(c1ccc(CN2CCCCC2)cc1)N1CCC(c2c[nH]c3ccccc23)CC1. The van der Waals surface area contributed by atoms with Crippen LogP contribution in [0.5, 0.6) is 0 Å². The Bertz CT molecular complexity index is 993. The van der Waals surface area contributed by atoms with Crippen LogP contribution in [0.1, 0.15) is 59.5 Å². The fourth-order valence-electron chi connectivity index (χ4n) is 5.14. The number of aromatic amines is 1. The average molecular weight is 402 g/mol. The van der Waals surface area contributed by atoms with Gasteiger partial charge in [0.15, 0.2) is 0 Å². The number of para-hydroxylation sites is 1. The number of hydrogen-bond acceptors (Lipinski definition) is 2. The first kappa shape index (κ1) is 19.4. The number of aromatic nitrogens is 1. The molecule has 30 heavy (non-hydrogen) atoms. The molecule has 0 unspecified atom stereocenters. The molecule has 2 aliphatic rings. The van der Waals surface area contributed by atoms with Crippen LogP contribution < -0.4 is 0 Å². The van der Waals surface area contributed by atoms with Gasteiger partial charge in [-0.1, -0.05) is 36.8 Å². The Kier molecular flexibility index (Phi) is 5.58. The van der Waals surface area contributed by atoms with E-state index in [0.29, 0.717) is 5.92 Å². The molecular formula is C26H31N3O. The van der Waals surface area contributed by atoms with E-state index in [1.807, 2.05) is 17.0 Å². The Morgan fingerprint density at radius 1 is 0.900 bits per heavy atom. The highest BCUT2D eigenvalue weighted by atomic mass is 16.2. The Morgan fingerprint density at radius 2 is 1.63 bits per heavy atom. The van der Waals surface area contributed by atoms with Gasteiger partial charge < -0.3 is 9.88 Å². The zero-order chi connectivity index (χ0) is 20.3. The van der Waals surface area contributed by atoms with E-state index in [1.165, 1.54) is 54.4 Å². The van der Waals surface area contributed by atoms with Crippen molar-refractivity contribution >= 4 is 16.8 Å². The zero-order valence-electron chi connectivity index (χ0n) is 17.6. The molecule has 2 aromatic carbocycles. The van der Waals surface area contributed by atoms with Gasteiger partial charge in [0.2, 0.25) is 0 Å². The Morgan fingerprint density at radius 3 is 2.40 bits per heavy atom. The third kappa shape index (κ3) is 4.01. The van der Waals surface area contributed by atoms with Crippen molar-refractivity contribution in [3.05, 3.63) is 71.4 Å². The zero-order valence-corrected chi connectivity index (χ0v) is 17.6. The van der Waals surface area contributed by atoms with Gasteiger partial charge in [0, 0.05) is 42.3 Å². The molecule has 3 heterocycles. The van der Waals surface area contributed by atoms with Crippen LogP contribution in [0.2, 0.25) is 0 Å². The lowest BCUT2D eigenvalue weighted by Gasteiger charge is -2.32. The molecule has 0 atom stereocenters. The van der Waals surface area contributed by atoms with Crippen LogP contribution in [0.4, 0.5) is 0 Å². The van der Waals surface area contributed by atoms with E-state index < -0.39 is 0 Å². The van der Waals surface area contributed by atoms with Gasteiger partial charge in [0.1, 0.15) is 0 Å². The first-order valence-corrected chi connectivity index (χ1v) is 11.4. The maximum absolute atomic E-state index is 13.0. The lowest BCUT2D eigenvalue weighted by molar-refractivity contribution is 0.0713. The van der Waals surface area contributed by atoms with E-state index in [2.05, 4.69) is 52.5 Å². The van der Waals surface area contributed by atoms with Gasteiger partial charge in [-0.25, -0.2) is 0 Å². The number of amides is 1. The Balaban J connectivity index is 1.19. The fraction of sp³-hybridized carbons (Fsp3) is 0.423. The summed E-state index contributed by atoms with van der Waals surface area (Å²) in [4.78, 5) is 21.0. The second-order valence-electron chi connectivity index (χ2n) is 8.89. The van der Waals surface area contributed by atoms with E-state index in [4.69, 9.17) is 0 Å². The van der Waals surface area contributed by atoms with Gasteiger partial charge in [-0.15, -0.1) is 0 Å². The predicted molar refractivity (Wildman–Crippen MR) is 122 cm³/mol. The molecule has 1 N–H and O–H groups in total. The van der Waals surface area contributed by atoms with Gasteiger partial charge in [-0.2, -0.15) is 0 Å². The van der Waals surface area contributed by atoms with E-state index >= 15 is 0 Å². The summed E-state index contributed by atoms with van der Waals surface area (Å²) < 4.78 is 0. The molecule has 2 saturated heterocycles. The monoisotopic (exact) mass is 401 g/mol. The van der Waals surface area contributed by atoms with Gasteiger partial charge in [-0.3, -0.25) is 9.69 Å². The molecule has 0 bridgehead atoms. The molecule has 0 radical (unpaired) electrons. The summed E-state index contributed by atoms with van der Waals surface area (Å²) >= 11 is 0. The van der Waals surface area contributed by atoms with Crippen molar-refractivity contribution in [3.63, 3.8) is 0 Å². The lowest BCUT2D eigenvalue weighted by Crippen LogP contribution is -2.37. The smallest absolute Gasteiger partial charge is 0.253 e. The van der Waals surface area contributed by atoms with Crippen molar-refractivity contribution in [3.8, 4) is 0 Å². The van der Waals surface area contributed by atoms with Gasteiger partial charge in [-0.05, 0) is 74.0 Å². The third-order valence-corrected chi connectivity index (χ3v) is 6.90. The number of benzene rings is 2. The normalized spacial score (nSPS) is 18.7. The van der Waals surface area contributed by atoms with Crippen LogP contribution in [-0.4, -0.2) is 46.9 Å².